The van der Waals surface area contributed by atoms with E-state index in [0.717, 1.165) is 36.1 Å². The minimum atomic E-state index is -0.319. The summed E-state index contributed by atoms with van der Waals surface area (Å²) in [5.41, 5.74) is 1.13. The fraction of sp³-hybridized carbons (Fsp3) is 0.364. The molecule has 1 atom stereocenters. The summed E-state index contributed by atoms with van der Waals surface area (Å²) in [6, 6.07) is 7.63. The standard InChI is InChI=1S/C22H24ClI2N7O3/c1-26-19(33)12-35-18-9-13-8-14(5-6-17(13)30(2)21(18)34)28-20-16(23)10-27-22(29-20)32(25)11-15-4-3-7-31(15)24/h5-6,8-10,15H,3-4,7,11-12H2,1-2H3,(H,26,33)(H,27,28,29). The number of aryl methyl sites for hydroxylation is 1. The Labute approximate surface area is 235 Å². The number of likely N-dealkylation sites (N-methyl/N-ethyl adjacent to an activating group) is 1. The lowest BCUT2D eigenvalue weighted by Crippen LogP contribution is -2.31. The van der Waals surface area contributed by atoms with Crippen LogP contribution in [0.25, 0.3) is 10.9 Å². The van der Waals surface area contributed by atoms with Crippen LogP contribution in [0, 0.1) is 0 Å². The van der Waals surface area contributed by atoms with Crippen LogP contribution in [0.3, 0.4) is 0 Å². The summed E-state index contributed by atoms with van der Waals surface area (Å²) in [4.78, 5) is 33.2. The summed E-state index contributed by atoms with van der Waals surface area (Å²) in [6.45, 7) is 1.67. The number of pyridine rings is 1. The molecule has 0 aliphatic carbocycles. The van der Waals surface area contributed by atoms with E-state index in [1.165, 1.54) is 18.0 Å². The van der Waals surface area contributed by atoms with Crippen LogP contribution in [0.4, 0.5) is 17.5 Å². The number of hydrogen-bond acceptors (Lipinski definition) is 8. The normalized spacial score (nSPS) is 15.9. The summed E-state index contributed by atoms with van der Waals surface area (Å²) in [5, 5.41) is 6.88. The van der Waals surface area contributed by atoms with Gasteiger partial charge < -0.3 is 19.9 Å². The molecule has 1 unspecified atom stereocenters. The number of hydrogen-bond donors (Lipinski definition) is 2. The lowest BCUT2D eigenvalue weighted by molar-refractivity contribution is -0.122. The Morgan fingerprint density at radius 2 is 2.17 bits per heavy atom. The quantitative estimate of drug-likeness (QED) is 0.267. The molecule has 2 aromatic heterocycles. The third-order valence-corrected chi connectivity index (χ3v) is 8.09. The molecule has 2 N–H and O–H groups in total. The van der Waals surface area contributed by atoms with E-state index in [1.807, 2.05) is 21.3 Å². The first kappa shape index (κ1) is 26.2. The molecule has 0 bridgehead atoms. The molecule has 1 fully saturated rings. The SMILES string of the molecule is CNC(=O)COc1cc2cc(Nc3nc(N(I)CC4CCCN4I)ncc3Cl)ccc2n(C)c1=O. The van der Waals surface area contributed by atoms with Crippen molar-refractivity contribution in [2.45, 2.75) is 18.9 Å². The first-order valence-electron chi connectivity index (χ1n) is 10.9. The maximum atomic E-state index is 12.6. The Bertz CT molecular complexity index is 1310. The van der Waals surface area contributed by atoms with Crippen molar-refractivity contribution in [1.29, 1.82) is 0 Å². The fourth-order valence-corrected chi connectivity index (χ4v) is 5.42. The van der Waals surface area contributed by atoms with Gasteiger partial charge in [0.05, 0.1) is 34.6 Å². The lowest BCUT2D eigenvalue weighted by Gasteiger charge is -2.23. The van der Waals surface area contributed by atoms with Crippen molar-refractivity contribution in [2.24, 2.45) is 7.05 Å². The van der Waals surface area contributed by atoms with Crippen molar-refractivity contribution in [2.75, 3.05) is 35.2 Å². The van der Waals surface area contributed by atoms with Crippen molar-refractivity contribution in [3.05, 3.63) is 45.8 Å². The summed E-state index contributed by atoms with van der Waals surface area (Å²) in [6.07, 6.45) is 3.93. The monoisotopic (exact) mass is 723 g/mol. The Kier molecular flexibility index (Phi) is 8.54. The number of benzene rings is 1. The summed E-state index contributed by atoms with van der Waals surface area (Å²) in [5.74, 6) is 0.832. The number of aromatic nitrogens is 3. The van der Waals surface area contributed by atoms with Crippen LogP contribution in [-0.2, 0) is 11.8 Å². The van der Waals surface area contributed by atoms with E-state index in [9.17, 15) is 9.59 Å². The number of rotatable bonds is 8. The van der Waals surface area contributed by atoms with E-state index < -0.39 is 0 Å². The van der Waals surface area contributed by atoms with Gasteiger partial charge in [-0.25, -0.2) is 8.10 Å². The molecule has 0 spiro atoms. The molecular formula is C22H24ClI2N7O3. The molecule has 13 heteroatoms. The van der Waals surface area contributed by atoms with Crippen LogP contribution in [0.1, 0.15) is 12.8 Å². The number of ether oxygens (including phenoxy) is 1. The average Bonchev–Trinajstić information content (AvgIpc) is 3.25. The highest BCUT2D eigenvalue weighted by atomic mass is 127. The maximum Gasteiger partial charge on any atom is 0.293 e. The van der Waals surface area contributed by atoms with E-state index in [2.05, 4.69) is 69.4 Å². The summed E-state index contributed by atoms with van der Waals surface area (Å²) >= 11 is 11.0. The van der Waals surface area contributed by atoms with Gasteiger partial charge in [-0.1, -0.05) is 11.6 Å². The van der Waals surface area contributed by atoms with Crippen LogP contribution >= 0.6 is 57.3 Å². The van der Waals surface area contributed by atoms with Crippen molar-refractivity contribution < 1.29 is 9.53 Å². The molecule has 0 radical (unpaired) electrons. The summed E-state index contributed by atoms with van der Waals surface area (Å²) < 4.78 is 11.3. The highest BCUT2D eigenvalue weighted by molar-refractivity contribution is 14.1. The van der Waals surface area contributed by atoms with Crippen LogP contribution in [-0.4, -0.2) is 56.3 Å². The van der Waals surface area contributed by atoms with Crippen LogP contribution in [0.15, 0.2) is 35.3 Å². The van der Waals surface area contributed by atoms with E-state index in [0.29, 0.717) is 22.8 Å². The van der Waals surface area contributed by atoms with Gasteiger partial charge in [0.15, 0.2) is 18.2 Å². The molecule has 3 heterocycles. The number of fused-ring (bicyclic) bond motifs is 1. The van der Waals surface area contributed by atoms with E-state index in [1.54, 1.807) is 19.3 Å². The molecule has 4 rings (SSSR count). The van der Waals surface area contributed by atoms with E-state index in [-0.39, 0.29) is 23.8 Å². The fourth-order valence-electron chi connectivity index (χ4n) is 3.80. The molecule has 1 amide bonds. The molecule has 186 valence electrons. The number of anilines is 3. The number of carbonyl (C=O) groups is 1. The minimum Gasteiger partial charge on any atom is -0.478 e. The molecule has 1 aromatic carbocycles. The van der Waals surface area contributed by atoms with Crippen molar-refractivity contribution >= 4 is 91.6 Å². The Balaban J connectivity index is 1.57. The third kappa shape index (κ3) is 6.09. The molecule has 1 aliphatic heterocycles. The Hall–Kier alpha value is -1.91. The van der Waals surface area contributed by atoms with Gasteiger partial charge in [-0.3, -0.25) is 12.7 Å². The zero-order valence-corrected chi connectivity index (χ0v) is 24.2. The number of amides is 1. The van der Waals surface area contributed by atoms with Gasteiger partial charge >= 0.3 is 0 Å². The zero-order chi connectivity index (χ0) is 25.1. The molecule has 1 aliphatic rings. The number of carbonyl (C=O) groups excluding carboxylic acids is 1. The van der Waals surface area contributed by atoms with Gasteiger partial charge in [-0.15, -0.1) is 0 Å². The first-order valence-corrected chi connectivity index (χ1v) is 13.2. The van der Waals surface area contributed by atoms with Gasteiger partial charge in [0, 0.05) is 67.2 Å². The Morgan fingerprint density at radius 1 is 1.37 bits per heavy atom. The van der Waals surface area contributed by atoms with E-state index in [4.69, 9.17) is 16.3 Å². The number of nitrogens with one attached hydrogen (secondary N) is 2. The van der Waals surface area contributed by atoms with Crippen molar-refractivity contribution in [3.8, 4) is 5.75 Å². The van der Waals surface area contributed by atoms with Gasteiger partial charge in [-0.2, -0.15) is 4.98 Å². The van der Waals surface area contributed by atoms with Gasteiger partial charge in [-0.05, 0) is 37.1 Å². The van der Waals surface area contributed by atoms with E-state index >= 15 is 0 Å². The second kappa shape index (κ2) is 11.4. The highest BCUT2D eigenvalue weighted by Gasteiger charge is 2.25. The average molecular weight is 724 g/mol. The molecule has 1 saturated heterocycles. The predicted molar refractivity (Wildman–Crippen MR) is 154 cm³/mol. The molecule has 35 heavy (non-hydrogen) atoms. The molecule has 10 nitrogen and oxygen atoms in total. The first-order chi connectivity index (χ1) is 16.8. The minimum absolute atomic E-state index is 0.0971. The van der Waals surface area contributed by atoms with Gasteiger partial charge in [0.1, 0.15) is 5.02 Å². The maximum absolute atomic E-state index is 12.6. The predicted octanol–water partition coefficient (Wildman–Crippen LogP) is 3.82. The Morgan fingerprint density at radius 3 is 2.89 bits per heavy atom. The molecule has 0 saturated carbocycles. The van der Waals surface area contributed by atoms with Crippen LogP contribution in [0.2, 0.25) is 5.02 Å². The topological polar surface area (TPSA) is 105 Å². The van der Waals surface area contributed by atoms with Gasteiger partial charge in [0.2, 0.25) is 5.95 Å². The summed E-state index contributed by atoms with van der Waals surface area (Å²) in [7, 11) is 3.17. The molecular weight excluding hydrogens is 700 g/mol. The van der Waals surface area contributed by atoms with Crippen LogP contribution < -0.4 is 24.0 Å². The second-order valence-corrected chi connectivity index (χ2v) is 10.9. The number of nitrogens with zero attached hydrogens (tertiary/aromatic N) is 5. The highest BCUT2D eigenvalue weighted by Crippen LogP contribution is 2.29. The number of halogens is 3. The van der Waals surface area contributed by atoms with Gasteiger partial charge in [0.25, 0.3) is 11.5 Å². The smallest absolute Gasteiger partial charge is 0.293 e. The van der Waals surface area contributed by atoms with Crippen molar-refractivity contribution in [1.82, 2.24) is 23.0 Å². The molecule has 3 aromatic rings. The lowest BCUT2D eigenvalue weighted by atomic mass is 10.2. The largest absolute Gasteiger partial charge is 0.478 e. The third-order valence-electron chi connectivity index (χ3n) is 5.72. The van der Waals surface area contributed by atoms with Crippen LogP contribution in [0.5, 0.6) is 5.75 Å². The van der Waals surface area contributed by atoms with Crippen molar-refractivity contribution in [3.63, 3.8) is 0 Å². The second-order valence-electron chi connectivity index (χ2n) is 8.06. The zero-order valence-electron chi connectivity index (χ0n) is 19.1.